The number of carbonyl (C=O) groups is 1. The molecule has 0 aliphatic carbocycles. The number of ether oxygens (including phenoxy) is 2. The van der Waals surface area contributed by atoms with Crippen molar-refractivity contribution in [3.8, 4) is 0 Å². The highest BCUT2D eigenvalue weighted by Crippen LogP contribution is 2.13. The fourth-order valence-electron chi connectivity index (χ4n) is 1.74. The van der Waals surface area contributed by atoms with Crippen LogP contribution < -0.4 is 0 Å². The largest absolute Gasteiger partial charge is 0.497 e. The molecule has 0 bridgehead atoms. The molecule has 1 aliphatic rings. The van der Waals surface area contributed by atoms with Crippen molar-refractivity contribution >= 4 is 6.41 Å². The van der Waals surface area contributed by atoms with E-state index >= 15 is 0 Å². The second-order valence-electron chi connectivity index (χ2n) is 4.04. The smallest absolute Gasteiger partial charge is 0.210 e. The van der Waals surface area contributed by atoms with E-state index in [1.54, 1.807) is 17.2 Å². The van der Waals surface area contributed by atoms with E-state index in [4.69, 9.17) is 9.47 Å². The van der Waals surface area contributed by atoms with Crippen LogP contribution in [0.4, 0.5) is 0 Å². The molecule has 4 nitrogen and oxygen atoms in total. The van der Waals surface area contributed by atoms with E-state index in [1.807, 2.05) is 6.08 Å². The lowest BCUT2D eigenvalue weighted by atomic mass is 10.1. The maximum atomic E-state index is 10.9. The fraction of sp³-hybridized carbons (Fsp3) is 0.615. The normalized spacial score (nSPS) is 20.1. The molecule has 0 N–H and O–H groups in total. The lowest BCUT2D eigenvalue weighted by Gasteiger charge is -2.26. The molecular formula is C13H21NO3. The van der Waals surface area contributed by atoms with Crippen molar-refractivity contribution in [2.75, 3.05) is 26.3 Å². The van der Waals surface area contributed by atoms with Gasteiger partial charge >= 0.3 is 0 Å². The van der Waals surface area contributed by atoms with Gasteiger partial charge in [-0.2, -0.15) is 0 Å². The third kappa shape index (κ3) is 6.12. The SMILES string of the molecule is C=CCO/C=C/CN(C=O)CC1CCCCO1. The van der Waals surface area contributed by atoms with Crippen molar-refractivity contribution in [2.45, 2.75) is 25.4 Å². The molecule has 1 atom stereocenters. The molecule has 0 aromatic carbocycles. The molecule has 0 aromatic rings. The van der Waals surface area contributed by atoms with E-state index in [2.05, 4.69) is 6.58 Å². The number of amides is 1. The highest BCUT2D eigenvalue weighted by molar-refractivity contribution is 5.47. The summed E-state index contributed by atoms with van der Waals surface area (Å²) in [6.07, 6.45) is 9.51. The average molecular weight is 239 g/mol. The quantitative estimate of drug-likeness (QED) is 0.280. The first-order valence-corrected chi connectivity index (χ1v) is 6.05. The van der Waals surface area contributed by atoms with E-state index in [-0.39, 0.29) is 6.10 Å². The predicted molar refractivity (Wildman–Crippen MR) is 66.5 cm³/mol. The van der Waals surface area contributed by atoms with Crippen LogP contribution in [0.25, 0.3) is 0 Å². The zero-order valence-corrected chi connectivity index (χ0v) is 10.2. The van der Waals surface area contributed by atoms with Crippen molar-refractivity contribution < 1.29 is 14.3 Å². The van der Waals surface area contributed by atoms with Crippen LogP contribution in [-0.2, 0) is 14.3 Å². The summed E-state index contributed by atoms with van der Waals surface area (Å²) < 4.78 is 10.7. The number of carbonyl (C=O) groups excluding carboxylic acids is 1. The minimum Gasteiger partial charge on any atom is -0.497 e. The first-order valence-electron chi connectivity index (χ1n) is 6.05. The van der Waals surface area contributed by atoms with Gasteiger partial charge in [0, 0.05) is 19.7 Å². The Kier molecular flexibility index (Phi) is 7.14. The summed E-state index contributed by atoms with van der Waals surface area (Å²) in [4.78, 5) is 12.6. The molecule has 0 saturated carbocycles. The Morgan fingerprint density at radius 3 is 3.00 bits per heavy atom. The second kappa shape index (κ2) is 8.82. The summed E-state index contributed by atoms with van der Waals surface area (Å²) in [7, 11) is 0. The van der Waals surface area contributed by atoms with Crippen LogP contribution in [-0.4, -0.2) is 43.7 Å². The van der Waals surface area contributed by atoms with Crippen molar-refractivity contribution in [1.29, 1.82) is 0 Å². The monoisotopic (exact) mass is 239 g/mol. The van der Waals surface area contributed by atoms with Gasteiger partial charge in [0.25, 0.3) is 0 Å². The van der Waals surface area contributed by atoms with E-state index in [9.17, 15) is 4.79 Å². The van der Waals surface area contributed by atoms with Gasteiger partial charge in [-0.05, 0) is 25.3 Å². The maximum Gasteiger partial charge on any atom is 0.210 e. The van der Waals surface area contributed by atoms with Gasteiger partial charge in [0.2, 0.25) is 6.41 Å². The molecule has 1 saturated heterocycles. The van der Waals surface area contributed by atoms with Crippen LogP contribution in [0.5, 0.6) is 0 Å². The molecule has 1 rings (SSSR count). The van der Waals surface area contributed by atoms with Crippen LogP contribution in [0.15, 0.2) is 25.0 Å². The zero-order valence-electron chi connectivity index (χ0n) is 10.2. The molecule has 17 heavy (non-hydrogen) atoms. The molecule has 0 aromatic heterocycles. The number of hydrogen-bond donors (Lipinski definition) is 0. The standard InChI is InChI=1S/C13H21NO3/c1-2-8-16-9-5-7-14(12-15)11-13-6-3-4-10-17-13/h2,5,9,12-13H,1,3-4,6-8,10-11H2/b9-5+. The molecule has 1 heterocycles. The third-order valence-corrected chi connectivity index (χ3v) is 2.61. The van der Waals surface area contributed by atoms with Gasteiger partial charge < -0.3 is 14.4 Å². The Morgan fingerprint density at radius 1 is 1.47 bits per heavy atom. The van der Waals surface area contributed by atoms with Crippen LogP contribution in [0.2, 0.25) is 0 Å². The first-order chi connectivity index (χ1) is 8.36. The van der Waals surface area contributed by atoms with Gasteiger partial charge in [-0.3, -0.25) is 4.79 Å². The number of rotatable bonds is 8. The first kappa shape index (κ1) is 13.8. The van der Waals surface area contributed by atoms with Crippen LogP contribution in [0.1, 0.15) is 19.3 Å². The molecule has 4 heteroatoms. The van der Waals surface area contributed by atoms with E-state index in [0.29, 0.717) is 19.7 Å². The molecule has 1 fully saturated rings. The summed E-state index contributed by atoms with van der Waals surface area (Å²) in [5.41, 5.74) is 0. The molecule has 0 spiro atoms. The van der Waals surface area contributed by atoms with Gasteiger partial charge in [0.1, 0.15) is 6.61 Å². The lowest BCUT2D eigenvalue weighted by Crippen LogP contribution is -2.35. The predicted octanol–water partition coefficient (Wildman–Crippen LogP) is 1.73. The Balaban J connectivity index is 2.20. The van der Waals surface area contributed by atoms with Crippen molar-refractivity contribution in [2.24, 2.45) is 0 Å². The van der Waals surface area contributed by atoms with Gasteiger partial charge in [0.15, 0.2) is 0 Å². The summed E-state index contributed by atoms with van der Waals surface area (Å²) in [6, 6.07) is 0. The Hall–Kier alpha value is -1.29. The summed E-state index contributed by atoms with van der Waals surface area (Å²) in [6.45, 7) is 6.07. The molecule has 0 radical (unpaired) electrons. The highest BCUT2D eigenvalue weighted by Gasteiger charge is 2.16. The topological polar surface area (TPSA) is 38.8 Å². The summed E-state index contributed by atoms with van der Waals surface area (Å²) in [5.74, 6) is 0. The van der Waals surface area contributed by atoms with E-state index in [0.717, 1.165) is 25.9 Å². The third-order valence-electron chi connectivity index (χ3n) is 2.61. The molecule has 96 valence electrons. The van der Waals surface area contributed by atoms with Gasteiger partial charge in [-0.15, -0.1) is 0 Å². The minimum atomic E-state index is 0.191. The van der Waals surface area contributed by atoms with E-state index in [1.165, 1.54) is 6.42 Å². The molecule has 1 aliphatic heterocycles. The van der Waals surface area contributed by atoms with Gasteiger partial charge in [0.05, 0.1) is 12.4 Å². The van der Waals surface area contributed by atoms with Gasteiger partial charge in [-0.1, -0.05) is 12.7 Å². The van der Waals surface area contributed by atoms with Crippen molar-refractivity contribution in [3.63, 3.8) is 0 Å². The average Bonchev–Trinajstić information content (AvgIpc) is 2.38. The van der Waals surface area contributed by atoms with Crippen molar-refractivity contribution in [1.82, 2.24) is 4.90 Å². The van der Waals surface area contributed by atoms with Crippen LogP contribution in [0.3, 0.4) is 0 Å². The summed E-state index contributed by atoms with van der Waals surface area (Å²) >= 11 is 0. The number of hydrogen-bond acceptors (Lipinski definition) is 3. The Morgan fingerprint density at radius 2 is 2.35 bits per heavy atom. The maximum absolute atomic E-state index is 10.9. The highest BCUT2D eigenvalue weighted by atomic mass is 16.5. The van der Waals surface area contributed by atoms with Crippen molar-refractivity contribution in [3.05, 3.63) is 25.0 Å². The minimum absolute atomic E-state index is 0.191. The van der Waals surface area contributed by atoms with Gasteiger partial charge in [-0.25, -0.2) is 0 Å². The van der Waals surface area contributed by atoms with E-state index < -0.39 is 0 Å². The Labute approximate surface area is 103 Å². The summed E-state index contributed by atoms with van der Waals surface area (Å²) in [5, 5.41) is 0. The van der Waals surface area contributed by atoms with Crippen LogP contribution in [0, 0.1) is 0 Å². The molecule has 1 amide bonds. The fourth-order valence-corrected chi connectivity index (χ4v) is 1.74. The number of nitrogens with zero attached hydrogens (tertiary/aromatic N) is 1. The Bertz CT molecular complexity index is 247. The molecular weight excluding hydrogens is 218 g/mol. The second-order valence-corrected chi connectivity index (χ2v) is 4.04. The zero-order chi connectivity index (χ0) is 12.3. The molecule has 1 unspecified atom stereocenters. The van der Waals surface area contributed by atoms with Crippen LogP contribution >= 0.6 is 0 Å². The lowest BCUT2D eigenvalue weighted by molar-refractivity contribution is -0.120.